The van der Waals surface area contributed by atoms with Gasteiger partial charge in [0.05, 0.1) is 6.61 Å². The van der Waals surface area contributed by atoms with E-state index in [1.807, 2.05) is 12.1 Å². The molecule has 0 aromatic carbocycles. The number of fused-ring (bicyclic) bond motifs is 1. The molecule has 3 rings (SSSR count). The molecule has 8 heteroatoms. The Kier molecular flexibility index (Phi) is 3.84. The topological polar surface area (TPSA) is 85.6 Å². The first-order valence-corrected chi connectivity index (χ1v) is 7.43. The first-order valence-electron chi connectivity index (χ1n) is 6.55. The number of amides is 1. The number of ether oxygens (including phenoxy) is 1. The molecule has 7 nitrogen and oxygen atoms in total. The summed E-state index contributed by atoms with van der Waals surface area (Å²) in [5, 5.41) is 4.48. The van der Waals surface area contributed by atoms with Crippen molar-refractivity contribution in [2.75, 3.05) is 11.9 Å². The number of hydrogen-bond acceptors (Lipinski definition) is 6. The molecule has 0 atom stereocenters. The monoisotopic (exact) mass is 316 g/mol. The molecule has 0 bridgehead atoms. The molecule has 0 radical (unpaired) electrons. The molecular formula is C14H12N4O3S. The molecule has 22 heavy (non-hydrogen) atoms. The summed E-state index contributed by atoms with van der Waals surface area (Å²) >= 11 is 1.16. The quantitative estimate of drug-likeness (QED) is 0.746. The normalized spacial score (nSPS) is 10.6. The zero-order valence-electron chi connectivity index (χ0n) is 11.6. The highest BCUT2D eigenvalue weighted by Gasteiger charge is 2.15. The summed E-state index contributed by atoms with van der Waals surface area (Å²) in [6.07, 6.45) is 3.44. The van der Waals surface area contributed by atoms with Gasteiger partial charge in [-0.2, -0.15) is 0 Å². The van der Waals surface area contributed by atoms with Gasteiger partial charge in [-0.1, -0.05) is 6.07 Å². The fraction of sp³-hybridized carbons (Fsp3) is 0.143. The number of rotatable bonds is 4. The first kappa shape index (κ1) is 14.2. The van der Waals surface area contributed by atoms with E-state index in [1.54, 1.807) is 29.8 Å². The Morgan fingerprint density at radius 2 is 2.18 bits per heavy atom. The first-order chi connectivity index (χ1) is 10.7. The van der Waals surface area contributed by atoms with Crippen molar-refractivity contribution in [3.8, 4) is 0 Å². The average molecular weight is 316 g/mol. The van der Waals surface area contributed by atoms with Crippen molar-refractivity contribution in [1.82, 2.24) is 14.4 Å². The Hall–Kier alpha value is -2.74. The maximum Gasteiger partial charge on any atom is 0.357 e. The van der Waals surface area contributed by atoms with Crippen LogP contribution >= 0.6 is 11.3 Å². The molecule has 0 saturated heterocycles. The molecule has 1 N–H and O–H groups in total. The highest BCUT2D eigenvalue weighted by Crippen LogP contribution is 2.17. The highest BCUT2D eigenvalue weighted by atomic mass is 32.1. The van der Waals surface area contributed by atoms with Gasteiger partial charge in [-0.3, -0.25) is 10.1 Å². The molecule has 0 unspecified atom stereocenters. The largest absolute Gasteiger partial charge is 0.461 e. The van der Waals surface area contributed by atoms with E-state index in [-0.39, 0.29) is 23.9 Å². The van der Waals surface area contributed by atoms with E-state index < -0.39 is 5.97 Å². The molecular weight excluding hydrogens is 304 g/mol. The number of nitrogens with one attached hydrogen (secondary N) is 1. The van der Waals surface area contributed by atoms with E-state index in [4.69, 9.17) is 4.74 Å². The Balaban J connectivity index is 1.75. The Morgan fingerprint density at radius 1 is 1.32 bits per heavy atom. The van der Waals surface area contributed by atoms with Gasteiger partial charge >= 0.3 is 5.97 Å². The van der Waals surface area contributed by atoms with Gasteiger partial charge in [0.25, 0.3) is 5.91 Å². The van der Waals surface area contributed by atoms with Crippen LogP contribution in [0.5, 0.6) is 0 Å². The third-order valence-corrected chi connectivity index (χ3v) is 3.56. The molecule has 3 aromatic rings. The number of imidazole rings is 1. The number of carbonyl (C=O) groups is 2. The van der Waals surface area contributed by atoms with Crippen molar-refractivity contribution in [3.63, 3.8) is 0 Å². The van der Waals surface area contributed by atoms with Gasteiger partial charge in [0.2, 0.25) is 0 Å². The standard InChI is InChI=1S/C14H12N4O3S/c1-2-21-13(20)10-8-22-14(16-10)17-12(19)9-7-18-6-4-3-5-11(18)15-9/h3-8H,2H2,1H3,(H,16,17,19). The Labute approximate surface area is 129 Å². The predicted octanol–water partition coefficient (Wildman–Crippen LogP) is 2.22. The van der Waals surface area contributed by atoms with Gasteiger partial charge in [-0.25, -0.2) is 14.8 Å². The maximum absolute atomic E-state index is 12.2. The second-order valence-corrected chi connectivity index (χ2v) is 5.16. The lowest BCUT2D eigenvalue weighted by molar-refractivity contribution is 0.0520. The van der Waals surface area contributed by atoms with Crippen LogP contribution in [0.15, 0.2) is 36.0 Å². The van der Waals surface area contributed by atoms with Gasteiger partial charge < -0.3 is 9.14 Å². The minimum absolute atomic E-state index is 0.178. The van der Waals surface area contributed by atoms with Crippen LogP contribution in [0, 0.1) is 0 Å². The highest BCUT2D eigenvalue weighted by molar-refractivity contribution is 7.14. The minimum atomic E-state index is -0.507. The van der Waals surface area contributed by atoms with Crippen LogP contribution in [0.4, 0.5) is 5.13 Å². The Morgan fingerprint density at radius 3 is 2.95 bits per heavy atom. The average Bonchev–Trinajstić information content (AvgIpc) is 3.13. The summed E-state index contributed by atoms with van der Waals surface area (Å²) in [6, 6.07) is 5.50. The molecule has 112 valence electrons. The molecule has 0 fully saturated rings. The fourth-order valence-electron chi connectivity index (χ4n) is 1.84. The second-order valence-electron chi connectivity index (χ2n) is 4.30. The zero-order valence-corrected chi connectivity index (χ0v) is 12.5. The lowest BCUT2D eigenvalue weighted by Crippen LogP contribution is -2.12. The SMILES string of the molecule is CCOC(=O)c1csc(NC(=O)c2cn3ccccc3n2)n1. The van der Waals surface area contributed by atoms with Gasteiger partial charge in [-0.05, 0) is 19.1 Å². The van der Waals surface area contributed by atoms with Gasteiger partial charge in [0.15, 0.2) is 10.8 Å². The van der Waals surface area contributed by atoms with Crippen LogP contribution in [0.25, 0.3) is 5.65 Å². The van der Waals surface area contributed by atoms with E-state index in [9.17, 15) is 9.59 Å². The van der Waals surface area contributed by atoms with Crippen molar-refractivity contribution in [3.05, 3.63) is 47.4 Å². The van der Waals surface area contributed by atoms with Crippen molar-refractivity contribution >= 4 is 34.0 Å². The van der Waals surface area contributed by atoms with Crippen molar-refractivity contribution < 1.29 is 14.3 Å². The molecule has 3 aromatic heterocycles. The van der Waals surface area contributed by atoms with Crippen LogP contribution in [0.3, 0.4) is 0 Å². The van der Waals surface area contributed by atoms with E-state index >= 15 is 0 Å². The second kappa shape index (κ2) is 5.94. The summed E-state index contributed by atoms with van der Waals surface area (Å²) < 4.78 is 6.60. The number of pyridine rings is 1. The lowest BCUT2D eigenvalue weighted by Gasteiger charge is -1.98. The lowest BCUT2D eigenvalue weighted by atomic mass is 10.4. The molecule has 0 spiro atoms. The minimum Gasteiger partial charge on any atom is -0.461 e. The third kappa shape index (κ3) is 2.82. The van der Waals surface area contributed by atoms with Crippen LogP contribution in [-0.2, 0) is 4.74 Å². The van der Waals surface area contributed by atoms with Crippen molar-refractivity contribution in [2.24, 2.45) is 0 Å². The summed E-state index contributed by atoms with van der Waals surface area (Å²) in [5.41, 5.74) is 1.13. The molecule has 0 saturated carbocycles. The summed E-state index contributed by atoms with van der Waals surface area (Å²) in [7, 11) is 0. The Bertz CT molecular complexity index is 806. The molecule has 3 heterocycles. The number of thiazole rings is 1. The van der Waals surface area contributed by atoms with Gasteiger partial charge in [-0.15, -0.1) is 11.3 Å². The van der Waals surface area contributed by atoms with E-state index in [1.165, 1.54) is 5.38 Å². The summed E-state index contributed by atoms with van der Waals surface area (Å²) in [5.74, 6) is -0.888. The van der Waals surface area contributed by atoms with Gasteiger partial charge in [0.1, 0.15) is 11.3 Å². The van der Waals surface area contributed by atoms with Crippen molar-refractivity contribution in [1.29, 1.82) is 0 Å². The van der Waals surface area contributed by atoms with E-state index in [0.29, 0.717) is 10.8 Å². The van der Waals surface area contributed by atoms with Crippen molar-refractivity contribution in [2.45, 2.75) is 6.92 Å². The van der Waals surface area contributed by atoms with Crippen LogP contribution in [0.1, 0.15) is 27.9 Å². The van der Waals surface area contributed by atoms with Crippen LogP contribution in [0.2, 0.25) is 0 Å². The maximum atomic E-state index is 12.2. The molecule has 0 aliphatic heterocycles. The molecule has 0 aliphatic rings. The number of esters is 1. The number of anilines is 1. The van der Waals surface area contributed by atoms with Gasteiger partial charge in [0, 0.05) is 17.8 Å². The number of carbonyl (C=O) groups excluding carboxylic acids is 2. The molecule has 0 aliphatic carbocycles. The zero-order chi connectivity index (χ0) is 15.5. The van der Waals surface area contributed by atoms with Crippen LogP contribution < -0.4 is 5.32 Å². The third-order valence-electron chi connectivity index (χ3n) is 2.81. The van der Waals surface area contributed by atoms with Crippen LogP contribution in [-0.4, -0.2) is 32.9 Å². The number of aromatic nitrogens is 3. The fourth-order valence-corrected chi connectivity index (χ4v) is 2.51. The molecule has 1 amide bonds. The van der Waals surface area contributed by atoms with E-state index in [0.717, 1.165) is 11.3 Å². The smallest absolute Gasteiger partial charge is 0.357 e. The predicted molar refractivity (Wildman–Crippen MR) is 81.2 cm³/mol. The number of hydrogen-bond donors (Lipinski definition) is 1. The summed E-state index contributed by atoms with van der Waals surface area (Å²) in [4.78, 5) is 31.9. The number of nitrogens with zero attached hydrogens (tertiary/aromatic N) is 3. The summed E-state index contributed by atoms with van der Waals surface area (Å²) in [6.45, 7) is 2.00. The van der Waals surface area contributed by atoms with E-state index in [2.05, 4.69) is 15.3 Å².